The summed E-state index contributed by atoms with van der Waals surface area (Å²) in [4.78, 5) is 16.3. The van der Waals surface area contributed by atoms with Crippen LogP contribution in [0.15, 0.2) is 47.0 Å². The number of carbonyl (C=O) groups is 1. The molecule has 1 aromatic carbocycles. The molecule has 3 aromatic rings. The number of nitrogens with zero attached hydrogens (tertiary/aromatic N) is 2. The highest BCUT2D eigenvalue weighted by Gasteiger charge is 2.20. The summed E-state index contributed by atoms with van der Waals surface area (Å²) < 4.78 is 5.27. The standard InChI is InChI=1S/C20H21ClN4O2.3C2H6/c1-20(2,3)15-11-17(25-27-15)24-18(26)10-12-4-6-13(7-5-12)14-8-9-16(22)23-19(14)21;3*1-2/h4-9,11H,10H2,1-3H3,(H2,22,23)(H,24,25,26);3*1-2H3. The largest absolute Gasteiger partial charge is 0.384 e. The van der Waals surface area contributed by atoms with Crippen molar-refractivity contribution < 1.29 is 9.32 Å². The number of nitrogens with two attached hydrogens (primary N) is 1. The first-order valence-corrected chi connectivity index (χ1v) is 11.9. The zero-order valence-electron chi connectivity index (χ0n) is 21.4. The molecule has 0 unspecified atom stereocenters. The van der Waals surface area contributed by atoms with Gasteiger partial charge in [-0.3, -0.25) is 4.79 Å². The van der Waals surface area contributed by atoms with Gasteiger partial charge in [-0.25, -0.2) is 4.98 Å². The van der Waals surface area contributed by atoms with E-state index in [-0.39, 0.29) is 17.7 Å². The Labute approximate surface area is 203 Å². The predicted molar refractivity (Wildman–Crippen MR) is 141 cm³/mol. The molecule has 33 heavy (non-hydrogen) atoms. The van der Waals surface area contributed by atoms with Gasteiger partial charge in [-0.15, -0.1) is 0 Å². The highest BCUT2D eigenvalue weighted by atomic mass is 35.5. The molecule has 0 radical (unpaired) electrons. The molecule has 3 rings (SSSR count). The number of hydrogen-bond donors (Lipinski definition) is 2. The van der Waals surface area contributed by atoms with Gasteiger partial charge in [-0.05, 0) is 23.3 Å². The summed E-state index contributed by atoms with van der Waals surface area (Å²) in [6.07, 6.45) is 0.228. The molecule has 0 spiro atoms. The van der Waals surface area contributed by atoms with E-state index in [1.807, 2.05) is 92.6 Å². The summed E-state index contributed by atoms with van der Waals surface area (Å²) in [7, 11) is 0. The van der Waals surface area contributed by atoms with Crippen molar-refractivity contribution >= 4 is 29.1 Å². The van der Waals surface area contributed by atoms with Crippen molar-refractivity contribution in [3.05, 3.63) is 58.9 Å². The SMILES string of the molecule is CC.CC.CC.CC(C)(C)c1cc(NC(=O)Cc2ccc(-c3ccc(N)nc3Cl)cc2)no1. The topological polar surface area (TPSA) is 94.0 Å². The minimum atomic E-state index is -0.163. The monoisotopic (exact) mass is 474 g/mol. The van der Waals surface area contributed by atoms with Crippen LogP contribution >= 0.6 is 11.6 Å². The molecule has 0 aliphatic heterocycles. The Bertz CT molecular complexity index is 961. The van der Waals surface area contributed by atoms with E-state index in [9.17, 15) is 4.79 Å². The molecule has 0 saturated heterocycles. The van der Waals surface area contributed by atoms with Gasteiger partial charge in [0.15, 0.2) is 5.82 Å². The third kappa shape index (κ3) is 9.66. The molecule has 0 saturated carbocycles. The number of pyridine rings is 1. The third-order valence-electron chi connectivity index (χ3n) is 4.02. The van der Waals surface area contributed by atoms with Crippen LogP contribution in [0.3, 0.4) is 0 Å². The number of anilines is 2. The van der Waals surface area contributed by atoms with Gasteiger partial charge in [0, 0.05) is 17.0 Å². The number of carbonyl (C=O) groups excluding carboxylic acids is 1. The summed E-state index contributed by atoms with van der Waals surface area (Å²) in [6, 6.07) is 12.8. The molecule has 0 aliphatic rings. The Morgan fingerprint density at radius 2 is 1.58 bits per heavy atom. The molecule has 3 N–H and O–H groups in total. The van der Waals surface area contributed by atoms with E-state index >= 15 is 0 Å². The van der Waals surface area contributed by atoms with E-state index in [4.69, 9.17) is 21.9 Å². The summed E-state index contributed by atoms with van der Waals surface area (Å²) in [5.41, 5.74) is 8.03. The number of amides is 1. The maximum atomic E-state index is 12.2. The fourth-order valence-electron chi connectivity index (χ4n) is 2.53. The van der Waals surface area contributed by atoms with Crippen molar-refractivity contribution in [1.82, 2.24) is 10.1 Å². The lowest BCUT2D eigenvalue weighted by Crippen LogP contribution is -2.14. The fourth-order valence-corrected chi connectivity index (χ4v) is 2.80. The quantitative estimate of drug-likeness (QED) is 0.381. The first-order valence-electron chi connectivity index (χ1n) is 11.5. The van der Waals surface area contributed by atoms with Crippen molar-refractivity contribution in [2.24, 2.45) is 0 Å². The van der Waals surface area contributed by atoms with E-state index < -0.39 is 0 Å². The summed E-state index contributed by atoms with van der Waals surface area (Å²) >= 11 is 6.14. The third-order valence-corrected chi connectivity index (χ3v) is 4.30. The van der Waals surface area contributed by atoms with Crippen LogP contribution in [0.2, 0.25) is 5.15 Å². The van der Waals surface area contributed by atoms with Crippen LogP contribution in [0.25, 0.3) is 11.1 Å². The van der Waals surface area contributed by atoms with Crippen molar-refractivity contribution in [2.45, 2.75) is 74.1 Å². The lowest BCUT2D eigenvalue weighted by atomic mass is 9.93. The number of aromatic nitrogens is 2. The van der Waals surface area contributed by atoms with Gasteiger partial charge >= 0.3 is 0 Å². The number of rotatable bonds is 4. The molecule has 182 valence electrons. The lowest BCUT2D eigenvalue weighted by molar-refractivity contribution is -0.115. The molecule has 7 heteroatoms. The number of hydrogen-bond acceptors (Lipinski definition) is 5. The first-order chi connectivity index (χ1) is 15.7. The zero-order valence-corrected chi connectivity index (χ0v) is 22.2. The Kier molecular flexibility index (Phi) is 13.8. The lowest BCUT2D eigenvalue weighted by Gasteiger charge is -2.12. The molecule has 2 aromatic heterocycles. The maximum absolute atomic E-state index is 12.2. The van der Waals surface area contributed by atoms with Gasteiger partial charge in [0.25, 0.3) is 0 Å². The van der Waals surface area contributed by atoms with Gasteiger partial charge in [0.05, 0.1) is 6.42 Å². The second-order valence-electron chi connectivity index (χ2n) is 7.32. The Morgan fingerprint density at radius 1 is 1.00 bits per heavy atom. The average Bonchev–Trinajstić information content (AvgIpc) is 3.28. The van der Waals surface area contributed by atoms with Crippen molar-refractivity contribution in [2.75, 3.05) is 11.1 Å². The Balaban J connectivity index is 0.00000158. The predicted octanol–water partition coefficient (Wildman–Crippen LogP) is 7.53. The van der Waals surface area contributed by atoms with Crippen LogP contribution in [0.5, 0.6) is 0 Å². The highest BCUT2D eigenvalue weighted by molar-refractivity contribution is 6.32. The summed E-state index contributed by atoms with van der Waals surface area (Å²) in [6.45, 7) is 18.1. The molecule has 0 aliphatic carbocycles. The van der Waals surface area contributed by atoms with E-state index in [0.29, 0.717) is 16.8 Å². The van der Waals surface area contributed by atoms with Gasteiger partial charge in [-0.1, -0.05) is 103 Å². The molecule has 0 bridgehead atoms. The van der Waals surface area contributed by atoms with E-state index in [0.717, 1.165) is 22.5 Å². The second kappa shape index (κ2) is 15.1. The molecular weight excluding hydrogens is 436 g/mol. The van der Waals surface area contributed by atoms with Crippen LogP contribution in [-0.2, 0) is 16.6 Å². The van der Waals surface area contributed by atoms with Crippen LogP contribution in [0.1, 0.15) is 73.6 Å². The van der Waals surface area contributed by atoms with Crippen LogP contribution in [-0.4, -0.2) is 16.0 Å². The van der Waals surface area contributed by atoms with Crippen LogP contribution in [0, 0.1) is 0 Å². The molecule has 6 nitrogen and oxygen atoms in total. The van der Waals surface area contributed by atoms with Gasteiger partial charge in [0.2, 0.25) is 5.91 Å². The van der Waals surface area contributed by atoms with E-state index in [1.54, 1.807) is 12.1 Å². The second-order valence-corrected chi connectivity index (χ2v) is 7.68. The van der Waals surface area contributed by atoms with Gasteiger partial charge in [0.1, 0.15) is 16.7 Å². The molecule has 0 fully saturated rings. The Morgan fingerprint density at radius 3 is 2.06 bits per heavy atom. The van der Waals surface area contributed by atoms with Crippen molar-refractivity contribution in [3.8, 4) is 11.1 Å². The maximum Gasteiger partial charge on any atom is 0.230 e. The normalized spacial score (nSPS) is 9.88. The number of nitrogens with one attached hydrogen (secondary N) is 1. The first kappa shape index (κ1) is 30.1. The smallest absolute Gasteiger partial charge is 0.230 e. The fraction of sp³-hybridized carbons (Fsp3) is 0.423. The number of halogens is 1. The summed E-state index contributed by atoms with van der Waals surface area (Å²) in [5.74, 6) is 1.35. The van der Waals surface area contributed by atoms with Crippen molar-refractivity contribution in [1.29, 1.82) is 0 Å². The molecule has 1 amide bonds. The molecule has 2 heterocycles. The minimum Gasteiger partial charge on any atom is -0.384 e. The van der Waals surface area contributed by atoms with Gasteiger partial charge in [-0.2, -0.15) is 0 Å². The van der Waals surface area contributed by atoms with E-state index in [1.165, 1.54) is 0 Å². The Hall–Kier alpha value is -2.86. The zero-order chi connectivity index (χ0) is 25.6. The van der Waals surface area contributed by atoms with Crippen LogP contribution in [0.4, 0.5) is 11.6 Å². The summed E-state index contributed by atoms with van der Waals surface area (Å²) in [5, 5.41) is 7.00. The van der Waals surface area contributed by atoms with Crippen molar-refractivity contribution in [3.63, 3.8) is 0 Å². The van der Waals surface area contributed by atoms with Gasteiger partial charge < -0.3 is 15.6 Å². The average molecular weight is 475 g/mol. The van der Waals surface area contributed by atoms with Crippen LogP contribution < -0.4 is 11.1 Å². The number of benzene rings is 1. The highest BCUT2D eigenvalue weighted by Crippen LogP contribution is 2.27. The molecule has 0 atom stereocenters. The number of nitrogen functional groups attached to an aromatic ring is 1. The molecular formula is C26H39ClN4O2. The van der Waals surface area contributed by atoms with E-state index in [2.05, 4.69) is 15.5 Å². The minimum absolute atomic E-state index is 0.163.